The first-order chi connectivity index (χ1) is 13.6. The Balaban J connectivity index is 2.02. The number of methoxy groups -OCH3 is 3. The van der Waals surface area contributed by atoms with E-state index in [0.29, 0.717) is 36.0 Å². The molecule has 0 spiro atoms. The van der Waals surface area contributed by atoms with Crippen LogP contribution in [0.1, 0.15) is 22.0 Å². The Hall–Kier alpha value is -2.77. The standard InChI is InChI=1S/C21H25NO6/c1-25-16-11-15(12-17(26-2)20(16)27-3)21(24)22-9-10-28-18(13-23)19(22)14-7-5-4-6-8-14/h4-8,11-12,18-19,23H,9-10,13H2,1-3H3/t18-,19-/m1/s1. The van der Waals surface area contributed by atoms with Gasteiger partial charge in [-0.2, -0.15) is 0 Å². The maximum Gasteiger partial charge on any atom is 0.254 e. The van der Waals surface area contributed by atoms with Crippen molar-refractivity contribution in [3.63, 3.8) is 0 Å². The van der Waals surface area contributed by atoms with Crippen LogP contribution in [0.2, 0.25) is 0 Å². The van der Waals surface area contributed by atoms with Gasteiger partial charge in [-0.1, -0.05) is 30.3 Å². The maximum atomic E-state index is 13.4. The molecule has 1 aliphatic heterocycles. The zero-order valence-corrected chi connectivity index (χ0v) is 16.3. The van der Waals surface area contributed by atoms with Crippen LogP contribution in [0.25, 0.3) is 0 Å². The molecule has 0 aliphatic carbocycles. The van der Waals surface area contributed by atoms with E-state index in [1.807, 2.05) is 30.3 Å². The van der Waals surface area contributed by atoms with Gasteiger partial charge in [-0.3, -0.25) is 4.79 Å². The summed E-state index contributed by atoms with van der Waals surface area (Å²) in [6.07, 6.45) is -0.498. The van der Waals surface area contributed by atoms with Gasteiger partial charge in [-0.25, -0.2) is 0 Å². The second-order valence-corrected chi connectivity index (χ2v) is 6.36. The number of hydrogen-bond donors (Lipinski definition) is 1. The number of morpholine rings is 1. The van der Waals surface area contributed by atoms with E-state index in [1.54, 1.807) is 17.0 Å². The monoisotopic (exact) mass is 387 g/mol. The number of aliphatic hydroxyl groups is 1. The lowest BCUT2D eigenvalue weighted by Crippen LogP contribution is -2.49. The van der Waals surface area contributed by atoms with Crippen molar-refractivity contribution in [1.82, 2.24) is 4.90 Å². The molecule has 2 atom stereocenters. The van der Waals surface area contributed by atoms with Crippen molar-refractivity contribution in [2.45, 2.75) is 12.1 Å². The second-order valence-electron chi connectivity index (χ2n) is 6.36. The van der Waals surface area contributed by atoms with Gasteiger partial charge in [0.15, 0.2) is 11.5 Å². The predicted octanol–water partition coefficient (Wildman–Crippen LogP) is 2.29. The Morgan fingerprint density at radius 3 is 2.29 bits per heavy atom. The molecule has 1 amide bonds. The smallest absolute Gasteiger partial charge is 0.254 e. The van der Waals surface area contributed by atoms with Crippen molar-refractivity contribution in [3.05, 3.63) is 53.6 Å². The van der Waals surface area contributed by atoms with Crippen LogP contribution in [0.3, 0.4) is 0 Å². The second kappa shape index (κ2) is 8.95. The molecule has 2 aromatic rings. The minimum atomic E-state index is -0.498. The van der Waals surface area contributed by atoms with Crippen LogP contribution in [0.4, 0.5) is 0 Å². The van der Waals surface area contributed by atoms with Gasteiger partial charge in [-0.15, -0.1) is 0 Å². The number of benzene rings is 2. The van der Waals surface area contributed by atoms with Gasteiger partial charge in [0, 0.05) is 12.1 Å². The molecular formula is C21H25NO6. The van der Waals surface area contributed by atoms with Crippen molar-refractivity contribution < 1.29 is 28.8 Å². The molecule has 0 aromatic heterocycles. The van der Waals surface area contributed by atoms with Crippen molar-refractivity contribution in [3.8, 4) is 17.2 Å². The fraction of sp³-hybridized carbons (Fsp3) is 0.381. The van der Waals surface area contributed by atoms with Gasteiger partial charge < -0.3 is 29.0 Å². The lowest BCUT2D eigenvalue weighted by molar-refractivity contribution is -0.0811. The van der Waals surface area contributed by atoms with Crippen LogP contribution in [0.15, 0.2) is 42.5 Å². The molecule has 1 N–H and O–H groups in total. The highest BCUT2D eigenvalue weighted by Crippen LogP contribution is 2.39. The first-order valence-corrected chi connectivity index (χ1v) is 9.03. The topological polar surface area (TPSA) is 77.5 Å². The summed E-state index contributed by atoms with van der Waals surface area (Å²) in [5.41, 5.74) is 1.32. The molecule has 0 radical (unpaired) electrons. The Morgan fingerprint density at radius 2 is 1.75 bits per heavy atom. The number of hydrogen-bond acceptors (Lipinski definition) is 6. The van der Waals surface area contributed by atoms with Crippen LogP contribution in [0.5, 0.6) is 17.2 Å². The van der Waals surface area contributed by atoms with Crippen LogP contribution >= 0.6 is 0 Å². The third-order valence-corrected chi connectivity index (χ3v) is 4.85. The Labute approximate surface area is 164 Å². The first kappa shape index (κ1) is 20.0. The average molecular weight is 387 g/mol. The lowest BCUT2D eigenvalue weighted by atomic mass is 9.97. The largest absolute Gasteiger partial charge is 0.493 e. The van der Waals surface area contributed by atoms with Gasteiger partial charge in [0.05, 0.1) is 40.6 Å². The number of carbonyl (C=O) groups is 1. The van der Waals surface area contributed by atoms with Crippen LogP contribution in [-0.2, 0) is 4.74 Å². The third-order valence-electron chi connectivity index (χ3n) is 4.85. The summed E-state index contributed by atoms with van der Waals surface area (Å²) in [4.78, 5) is 15.1. The SMILES string of the molecule is COc1cc(C(=O)N2CCO[C@H](CO)[C@H]2c2ccccc2)cc(OC)c1OC. The number of ether oxygens (including phenoxy) is 4. The molecule has 0 bridgehead atoms. The summed E-state index contributed by atoms with van der Waals surface area (Å²) in [6, 6.07) is 12.4. The number of rotatable bonds is 6. The molecule has 3 rings (SSSR count). The van der Waals surface area contributed by atoms with Crippen molar-refractivity contribution in [1.29, 1.82) is 0 Å². The van der Waals surface area contributed by atoms with Crippen LogP contribution < -0.4 is 14.2 Å². The van der Waals surface area contributed by atoms with Crippen LogP contribution in [-0.4, -0.2) is 63.1 Å². The van der Waals surface area contributed by atoms with E-state index in [2.05, 4.69) is 0 Å². The lowest BCUT2D eigenvalue weighted by Gasteiger charge is -2.41. The Bertz CT molecular complexity index is 785. The molecule has 7 heteroatoms. The average Bonchev–Trinajstić information content (AvgIpc) is 2.77. The van der Waals surface area contributed by atoms with E-state index in [1.165, 1.54) is 21.3 Å². The number of carbonyl (C=O) groups excluding carboxylic acids is 1. The number of aliphatic hydroxyl groups excluding tert-OH is 1. The highest BCUT2D eigenvalue weighted by atomic mass is 16.5. The summed E-state index contributed by atoms with van der Waals surface area (Å²) in [6.45, 7) is 0.578. The van der Waals surface area contributed by atoms with E-state index < -0.39 is 12.1 Å². The normalized spacial score (nSPS) is 19.2. The first-order valence-electron chi connectivity index (χ1n) is 9.03. The summed E-state index contributed by atoms with van der Waals surface area (Å²) < 4.78 is 21.8. The van der Waals surface area contributed by atoms with Crippen molar-refractivity contribution in [2.75, 3.05) is 41.1 Å². The highest BCUT2D eigenvalue weighted by Gasteiger charge is 2.37. The molecule has 28 heavy (non-hydrogen) atoms. The summed E-state index contributed by atoms with van der Waals surface area (Å²) in [5, 5.41) is 9.81. The predicted molar refractivity (Wildman–Crippen MR) is 103 cm³/mol. The molecule has 0 saturated carbocycles. The van der Waals surface area contributed by atoms with E-state index in [-0.39, 0.29) is 12.5 Å². The fourth-order valence-electron chi connectivity index (χ4n) is 3.53. The van der Waals surface area contributed by atoms with E-state index in [9.17, 15) is 9.90 Å². The minimum Gasteiger partial charge on any atom is -0.493 e. The molecule has 1 aliphatic rings. The summed E-state index contributed by atoms with van der Waals surface area (Å²) in [5.74, 6) is 1.05. The molecule has 150 valence electrons. The van der Waals surface area contributed by atoms with Crippen LogP contribution in [0, 0.1) is 0 Å². The molecule has 2 aromatic carbocycles. The molecule has 7 nitrogen and oxygen atoms in total. The summed E-state index contributed by atoms with van der Waals surface area (Å²) >= 11 is 0. The quantitative estimate of drug-likeness (QED) is 0.820. The zero-order chi connectivity index (χ0) is 20.1. The molecule has 0 unspecified atom stereocenters. The fourth-order valence-corrected chi connectivity index (χ4v) is 3.53. The van der Waals surface area contributed by atoms with E-state index in [0.717, 1.165) is 5.56 Å². The molecule has 1 saturated heterocycles. The Kier molecular flexibility index (Phi) is 6.38. The van der Waals surface area contributed by atoms with Gasteiger partial charge in [-0.05, 0) is 17.7 Å². The van der Waals surface area contributed by atoms with Gasteiger partial charge in [0.1, 0.15) is 6.10 Å². The number of nitrogens with zero attached hydrogens (tertiary/aromatic N) is 1. The minimum absolute atomic E-state index is 0.182. The molecule has 1 fully saturated rings. The van der Waals surface area contributed by atoms with E-state index >= 15 is 0 Å². The van der Waals surface area contributed by atoms with Gasteiger partial charge in [0.2, 0.25) is 5.75 Å². The van der Waals surface area contributed by atoms with Crippen molar-refractivity contribution >= 4 is 5.91 Å². The van der Waals surface area contributed by atoms with Gasteiger partial charge >= 0.3 is 0 Å². The number of amides is 1. The summed E-state index contributed by atoms with van der Waals surface area (Å²) in [7, 11) is 4.53. The molecule has 1 heterocycles. The Morgan fingerprint density at radius 1 is 1.11 bits per heavy atom. The molecular weight excluding hydrogens is 362 g/mol. The van der Waals surface area contributed by atoms with E-state index in [4.69, 9.17) is 18.9 Å². The highest BCUT2D eigenvalue weighted by molar-refractivity contribution is 5.96. The van der Waals surface area contributed by atoms with Gasteiger partial charge in [0.25, 0.3) is 5.91 Å². The van der Waals surface area contributed by atoms with Crippen molar-refractivity contribution in [2.24, 2.45) is 0 Å². The zero-order valence-electron chi connectivity index (χ0n) is 16.3. The maximum absolute atomic E-state index is 13.4. The third kappa shape index (κ3) is 3.76.